The van der Waals surface area contributed by atoms with E-state index in [0.717, 1.165) is 36.8 Å². The van der Waals surface area contributed by atoms with Gasteiger partial charge in [0.2, 0.25) is 5.91 Å². The van der Waals surface area contributed by atoms with Gasteiger partial charge in [-0.2, -0.15) is 0 Å². The van der Waals surface area contributed by atoms with Crippen molar-refractivity contribution < 1.29 is 9.53 Å². The van der Waals surface area contributed by atoms with E-state index in [9.17, 15) is 4.79 Å². The van der Waals surface area contributed by atoms with Crippen LogP contribution < -0.4 is 10.1 Å². The van der Waals surface area contributed by atoms with E-state index in [1.807, 2.05) is 36.1 Å². The number of hydrogen-bond acceptors (Lipinski definition) is 4. The third kappa shape index (κ3) is 5.23. The van der Waals surface area contributed by atoms with Crippen molar-refractivity contribution in [2.75, 3.05) is 38.5 Å². The van der Waals surface area contributed by atoms with Gasteiger partial charge in [0.1, 0.15) is 5.75 Å². The zero-order valence-electron chi connectivity index (χ0n) is 11.6. The predicted molar refractivity (Wildman–Crippen MR) is 85.0 cm³/mol. The molecular formula is C14H21ClN2O2S. The van der Waals surface area contributed by atoms with Gasteiger partial charge in [-0.3, -0.25) is 4.79 Å². The van der Waals surface area contributed by atoms with Crippen LogP contribution in [0.3, 0.4) is 0 Å². The zero-order valence-corrected chi connectivity index (χ0v) is 13.3. The Bertz CT molecular complexity index is 408. The number of nitrogens with zero attached hydrogens (tertiary/aromatic N) is 1. The van der Waals surface area contributed by atoms with Crippen LogP contribution in [-0.4, -0.2) is 49.3 Å². The quantitative estimate of drug-likeness (QED) is 0.844. The van der Waals surface area contributed by atoms with Gasteiger partial charge in [0, 0.05) is 31.1 Å². The molecule has 0 saturated carbocycles. The number of amides is 1. The zero-order chi connectivity index (χ0) is 13.5. The Morgan fingerprint density at radius 2 is 1.95 bits per heavy atom. The minimum absolute atomic E-state index is 0. The fourth-order valence-corrected chi connectivity index (χ4v) is 2.75. The van der Waals surface area contributed by atoms with Crippen LogP contribution in [0.5, 0.6) is 5.75 Å². The van der Waals surface area contributed by atoms with Crippen molar-refractivity contribution in [1.82, 2.24) is 10.2 Å². The van der Waals surface area contributed by atoms with Gasteiger partial charge in [0.15, 0.2) is 0 Å². The first-order chi connectivity index (χ1) is 9.29. The summed E-state index contributed by atoms with van der Waals surface area (Å²) < 4.78 is 5.39. The van der Waals surface area contributed by atoms with Crippen LogP contribution in [0, 0.1) is 0 Å². The van der Waals surface area contributed by atoms with Crippen LogP contribution in [0.25, 0.3) is 0 Å². The Balaban J connectivity index is 0.00000200. The molecule has 1 aromatic carbocycles. The molecule has 1 heterocycles. The third-order valence-electron chi connectivity index (χ3n) is 2.97. The second-order valence-electron chi connectivity index (χ2n) is 4.32. The highest BCUT2D eigenvalue weighted by Crippen LogP contribution is 2.21. The summed E-state index contributed by atoms with van der Waals surface area (Å²) >= 11 is 1.58. The van der Waals surface area contributed by atoms with E-state index in [4.69, 9.17) is 4.74 Å². The Labute approximate surface area is 130 Å². The fourth-order valence-electron chi connectivity index (χ4n) is 1.95. The molecule has 20 heavy (non-hydrogen) atoms. The van der Waals surface area contributed by atoms with Crippen molar-refractivity contribution in [3.63, 3.8) is 0 Å². The first kappa shape index (κ1) is 17.1. The maximum Gasteiger partial charge on any atom is 0.233 e. The van der Waals surface area contributed by atoms with Crippen LogP contribution in [0.2, 0.25) is 0 Å². The minimum Gasteiger partial charge on any atom is -0.494 e. The van der Waals surface area contributed by atoms with Crippen LogP contribution >= 0.6 is 24.2 Å². The smallest absolute Gasteiger partial charge is 0.233 e. The second-order valence-corrected chi connectivity index (χ2v) is 5.37. The number of ether oxygens (including phenoxy) is 1. The molecule has 4 nitrogen and oxygen atoms in total. The monoisotopic (exact) mass is 316 g/mol. The van der Waals surface area contributed by atoms with Gasteiger partial charge in [-0.1, -0.05) is 0 Å². The van der Waals surface area contributed by atoms with E-state index in [1.54, 1.807) is 11.8 Å². The number of hydrogen-bond donors (Lipinski definition) is 1. The number of piperazine rings is 1. The lowest BCUT2D eigenvalue weighted by Crippen LogP contribution is -2.47. The number of carbonyl (C=O) groups excluding carboxylic acids is 1. The lowest BCUT2D eigenvalue weighted by atomic mass is 10.3. The number of halogens is 1. The molecule has 1 aromatic rings. The molecule has 1 amide bonds. The number of rotatable bonds is 5. The summed E-state index contributed by atoms with van der Waals surface area (Å²) in [5, 5.41) is 3.25. The molecule has 112 valence electrons. The van der Waals surface area contributed by atoms with Gasteiger partial charge in [-0.05, 0) is 31.2 Å². The largest absolute Gasteiger partial charge is 0.494 e. The molecule has 0 bridgehead atoms. The second kappa shape index (κ2) is 9.10. The van der Waals surface area contributed by atoms with Crippen molar-refractivity contribution in [2.45, 2.75) is 11.8 Å². The Hall–Kier alpha value is -0.910. The highest BCUT2D eigenvalue weighted by molar-refractivity contribution is 8.00. The SMILES string of the molecule is CCOc1ccc(SCC(=O)N2CCNCC2)cc1.Cl. The van der Waals surface area contributed by atoms with Gasteiger partial charge in [0.25, 0.3) is 0 Å². The van der Waals surface area contributed by atoms with Crippen molar-refractivity contribution in [2.24, 2.45) is 0 Å². The van der Waals surface area contributed by atoms with Gasteiger partial charge < -0.3 is 15.0 Å². The molecule has 0 spiro atoms. The average Bonchev–Trinajstić information content (AvgIpc) is 2.47. The predicted octanol–water partition coefficient (Wildman–Crippen LogP) is 2.03. The summed E-state index contributed by atoms with van der Waals surface area (Å²) in [6, 6.07) is 7.89. The minimum atomic E-state index is 0. The molecule has 0 aromatic heterocycles. The first-order valence-corrected chi connectivity index (χ1v) is 7.62. The van der Waals surface area contributed by atoms with Crippen molar-refractivity contribution >= 4 is 30.1 Å². The van der Waals surface area contributed by atoms with Gasteiger partial charge in [-0.15, -0.1) is 24.2 Å². The number of thioether (sulfide) groups is 1. The molecule has 0 unspecified atom stereocenters. The van der Waals surface area contributed by atoms with Gasteiger partial charge in [0.05, 0.1) is 12.4 Å². The van der Waals surface area contributed by atoms with Crippen LogP contribution in [0.4, 0.5) is 0 Å². The lowest BCUT2D eigenvalue weighted by Gasteiger charge is -2.27. The summed E-state index contributed by atoms with van der Waals surface area (Å²) in [5.74, 6) is 1.61. The van der Waals surface area contributed by atoms with E-state index in [2.05, 4.69) is 5.32 Å². The van der Waals surface area contributed by atoms with Crippen LogP contribution in [-0.2, 0) is 4.79 Å². The Morgan fingerprint density at radius 3 is 2.55 bits per heavy atom. The topological polar surface area (TPSA) is 41.6 Å². The summed E-state index contributed by atoms with van der Waals surface area (Å²) in [6.45, 7) is 6.09. The molecule has 0 atom stereocenters. The maximum atomic E-state index is 12.0. The maximum absolute atomic E-state index is 12.0. The van der Waals surface area contributed by atoms with Gasteiger partial charge >= 0.3 is 0 Å². The van der Waals surface area contributed by atoms with Crippen molar-refractivity contribution in [3.05, 3.63) is 24.3 Å². The summed E-state index contributed by atoms with van der Waals surface area (Å²) in [7, 11) is 0. The van der Waals surface area contributed by atoms with Crippen LogP contribution in [0.15, 0.2) is 29.2 Å². The molecule has 2 rings (SSSR count). The third-order valence-corrected chi connectivity index (χ3v) is 3.96. The van der Waals surface area contributed by atoms with Crippen molar-refractivity contribution in [1.29, 1.82) is 0 Å². The molecule has 1 aliphatic heterocycles. The average molecular weight is 317 g/mol. The molecule has 1 aliphatic rings. The van der Waals surface area contributed by atoms with E-state index < -0.39 is 0 Å². The molecule has 0 aliphatic carbocycles. The molecule has 1 N–H and O–H groups in total. The molecule has 6 heteroatoms. The lowest BCUT2D eigenvalue weighted by molar-refractivity contribution is -0.128. The standard InChI is InChI=1S/C14H20N2O2S.ClH/c1-2-18-12-3-5-13(6-4-12)19-11-14(17)16-9-7-15-8-10-16;/h3-6,15H,2,7-11H2,1H3;1H. The Kier molecular flexibility index (Phi) is 7.80. The van der Waals surface area contributed by atoms with E-state index in [-0.39, 0.29) is 18.3 Å². The van der Waals surface area contributed by atoms with Crippen LogP contribution in [0.1, 0.15) is 6.92 Å². The molecule has 0 radical (unpaired) electrons. The number of nitrogens with one attached hydrogen (secondary N) is 1. The number of benzene rings is 1. The highest BCUT2D eigenvalue weighted by atomic mass is 35.5. The molecular weight excluding hydrogens is 296 g/mol. The van der Waals surface area contributed by atoms with E-state index in [0.29, 0.717) is 12.4 Å². The number of carbonyl (C=O) groups is 1. The normalized spacial score (nSPS) is 14.6. The van der Waals surface area contributed by atoms with E-state index in [1.165, 1.54) is 0 Å². The molecule has 1 fully saturated rings. The van der Waals surface area contributed by atoms with Gasteiger partial charge in [-0.25, -0.2) is 0 Å². The Morgan fingerprint density at radius 1 is 1.30 bits per heavy atom. The first-order valence-electron chi connectivity index (χ1n) is 6.63. The van der Waals surface area contributed by atoms with Crippen molar-refractivity contribution in [3.8, 4) is 5.75 Å². The molecule has 1 saturated heterocycles. The summed E-state index contributed by atoms with van der Waals surface area (Å²) in [6.07, 6.45) is 0. The highest BCUT2D eigenvalue weighted by Gasteiger charge is 2.15. The summed E-state index contributed by atoms with van der Waals surface area (Å²) in [4.78, 5) is 15.0. The van der Waals surface area contributed by atoms with E-state index >= 15 is 0 Å². The fraction of sp³-hybridized carbons (Fsp3) is 0.500. The summed E-state index contributed by atoms with van der Waals surface area (Å²) in [5.41, 5.74) is 0.